The maximum atomic E-state index is 14.8. The number of methoxy groups -OCH3 is 1. The molecule has 0 saturated carbocycles. The molecule has 12 heteroatoms. The van der Waals surface area contributed by atoms with E-state index in [1.54, 1.807) is 13.8 Å². The van der Waals surface area contributed by atoms with Gasteiger partial charge in [-0.2, -0.15) is 26.3 Å². The van der Waals surface area contributed by atoms with E-state index >= 15 is 0 Å². The molecule has 42 heavy (non-hydrogen) atoms. The molecule has 0 radical (unpaired) electrons. The minimum atomic E-state index is -4.85. The predicted molar refractivity (Wildman–Crippen MR) is 136 cm³/mol. The molecular formula is C30H25F8NO3. The summed E-state index contributed by atoms with van der Waals surface area (Å²) in [5.41, 5.74) is -1.51. The number of hydrogen-bond donors (Lipinski definition) is 0. The van der Waals surface area contributed by atoms with Crippen LogP contribution in [0.25, 0.3) is 11.1 Å². The van der Waals surface area contributed by atoms with Gasteiger partial charge >= 0.3 is 18.4 Å². The summed E-state index contributed by atoms with van der Waals surface area (Å²) in [6.07, 6.45) is -11.5. The number of rotatable bonds is 5. The second-order valence-corrected chi connectivity index (χ2v) is 10.7. The Bertz CT molecular complexity index is 1530. The Hall–Kier alpha value is -3.83. The van der Waals surface area contributed by atoms with Gasteiger partial charge in [-0.25, -0.2) is 13.6 Å². The van der Waals surface area contributed by atoms with Crippen LogP contribution in [-0.4, -0.2) is 24.1 Å². The Balaban J connectivity index is 1.62. The SMILES string of the molecule is COc1cc(F)c(C(C)C)cc1-c1ccc(C(F)(F)F)cc1C1CC[C@H]2[C@@H](c3cc(F)cc(C(F)(F)F)c3)OC(=O)N12. The van der Waals surface area contributed by atoms with Crippen LogP contribution in [0.4, 0.5) is 39.9 Å². The van der Waals surface area contributed by atoms with E-state index in [9.17, 15) is 39.9 Å². The van der Waals surface area contributed by atoms with Crippen LogP contribution in [0.1, 0.15) is 72.6 Å². The number of carbonyl (C=O) groups excluding carboxylic acids is 1. The Labute approximate surface area is 235 Å². The number of halogens is 8. The van der Waals surface area contributed by atoms with Gasteiger partial charge in [-0.05, 0) is 77.4 Å². The predicted octanol–water partition coefficient (Wildman–Crippen LogP) is 9.20. The molecule has 2 fully saturated rings. The van der Waals surface area contributed by atoms with Crippen LogP contribution in [0.3, 0.4) is 0 Å². The molecule has 1 amide bonds. The largest absolute Gasteiger partial charge is 0.496 e. The monoisotopic (exact) mass is 599 g/mol. The lowest BCUT2D eigenvalue weighted by molar-refractivity contribution is -0.138. The minimum Gasteiger partial charge on any atom is -0.496 e. The van der Waals surface area contributed by atoms with Crippen molar-refractivity contribution in [3.05, 3.63) is 88.0 Å². The molecule has 3 atom stereocenters. The first-order chi connectivity index (χ1) is 19.6. The molecule has 0 spiro atoms. The number of alkyl halides is 6. The van der Waals surface area contributed by atoms with Crippen LogP contribution >= 0.6 is 0 Å². The van der Waals surface area contributed by atoms with Crippen molar-refractivity contribution in [3.63, 3.8) is 0 Å². The third-order valence-corrected chi connectivity index (χ3v) is 7.76. The third kappa shape index (κ3) is 5.27. The normalized spacial score (nSPS) is 20.7. The maximum Gasteiger partial charge on any atom is 0.416 e. The zero-order valence-corrected chi connectivity index (χ0v) is 22.5. The zero-order valence-electron chi connectivity index (χ0n) is 22.5. The molecule has 3 aromatic rings. The number of ether oxygens (including phenoxy) is 2. The van der Waals surface area contributed by atoms with Crippen LogP contribution in [0.2, 0.25) is 0 Å². The molecule has 2 heterocycles. The highest BCUT2D eigenvalue weighted by Crippen LogP contribution is 2.51. The third-order valence-electron chi connectivity index (χ3n) is 7.76. The van der Waals surface area contributed by atoms with Gasteiger partial charge < -0.3 is 9.47 Å². The molecular weight excluding hydrogens is 574 g/mol. The number of carbonyl (C=O) groups is 1. The van der Waals surface area contributed by atoms with Gasteiger partial charge in [0.2, 0.25) is 0 Å². The molecule has 2 aliphatic heterocycles. The molecule has 0 N–H and O–H groups in total. The molecule has 0 aromatic heterocycles. The van der Waals surface area contributed by atoms with Crippen LogP contribution in [0.5, 0.6) is 5.75 Å². The van der Waals surface area contributed by atoms with E-state index in [-0.39, 0.29) is 41.2 Å². The lowest BCUT2D eigenvalue weighted by Crippen LogP contribution is -2.31. The molecule has 2 saturated heterocycles. The molecule has 2 aliphatic rings. The van der Waals surface area contributed by atoms with Gasteiger partial charge in [-0.1, -0.05) is 19.9 Å². The van der Waals surface area contributed by atoms with Gasteiger partial charge in [0, 0.05) is 11.6 Å². The van der Waals surface area contributed by atoms with E-state index in [0.29, 0.717) is 23.3 Å². The van der Waals surface area contributed by atoms with Crippen molar-refractivity contribution in [2.45, 2.75) is 63.1 Å². The van der Waals surface area contributed by atoms with E-state index in [4.69, 9.17) is 9.47 Å². The quantitative estimate of drug-likeness (QED) is 0.275. The van der Waals surface area contributed by atoms with E-state index < -0.39 is 59.4 Å². The molecule has 1 unspecified atom stereocenters. The lowest BCUT2D eigenvalue weighted by atomic mass is 9.89. The molecule has 3 aromatic carbocycles. The number of cyclic esters (lactones) is 1. The van der Waals surface area contributed by atoms with Gasteiger partial charge in [0.05, 0.1) is 30.3 Å². The number of fused-ring (bicyclic) bond motifs is 1. The van der Waals surface area contributed by atoms with E-state index in [2.05, 4.69) is 0 Å². The van der Waals surface area contributed by atoms with Gasteiger partial charge in [0.25, 0.3) is 0 Å². The Kier molecular flexibility index (Phi) is 7.39. The Morgan fingerprint density at radius 3 is 2.19 bits per heavy atom. The van der Waals surface area contributed by atoms with E-state index in [1.165, 1.54) is 24.1 Å². The van der Waals surface area contributed by atoms with Gasteiger partial charge in [0.15, 0.2) is 0 Å². The fraction of sp³-hybridized carbons (Fsp3) is 0.367. The minimum absolute atomic E-state index is 0.0637. The van der Waals surface area contributed by atoms with E-state index in [1.807, 2.05) is 0 Å². The van der Waals surface area contributed by atoms with Crippen molar-refractivity contribution >= 4 is 6.09 Å². The van der Waals surface area contributed by atoms with Crippen LogP contribution in [-0.2, 0) is 17.1 Å². The average molecular weight is 600 g/mol. The molecule has 0 aliphatic carbocycles. The zero-order chi connectivity index (χ0) is 30.7. The summed E-state index contributed by atoms with van der Waals surface area (Å²) >= 11 is 0. The summed E-state index contributed by atoms with van der Waals surface area (Å²) in [5.74, 6) is -1.94. The van der Waals surface area contributed by atoms with Gasteiger partial charge in [-0.3, -0.25) is 4.90 Å². The Morgan fingerprint density at radius 1 is 0.881 bits per heavy atom. The summed E-state index contributed by atoms with van der Waals surface area (Å²) in [6.45, 7) is 3.50. The summed E-state index contributed by atoms with van der Waals surface area (Å²) in [7, 11) is 1.29. The van der Waals surface area contributed by atoms with Crippen LogP contribution in [0.15, 0.2) is 48.5 Å². The van der Waals surface area contributed by atoms with Crippen molar-refractivity contribution in [1.82, 2.24) is 4.90 Å². The molecule has 0 bridgehead atoms. The maximum absolute atomic E-state index is 14.8. The molecule has 5 rings (SSSR count). The average Bonchev–Trinajstić information content (AvgIpc) is 3.48. The summed E-state index contributed by atoms with van der Waals surface area (Å²) < 4.78 is 121. The highest BCUT2D eigenvalue weighted by atomic mass is 19.4. The highest BCUT2D eigenvalue weighted by molar-refractivity contribution is 5.78. The summed E-state index contributed by atoms with van der Waals surface area (Å²) in [5, 5.41) is 0. The molecule has 224 valence electrons. The van der Waals surface area contributed by atoms with E-state index in [0.717, 1.165) is 24.3 Å². The lowest BCUT2D eigenvalue weighted by Gasteiger charge is -2.26. The number of benzene rings is 3. The summed E-state index contributed by atoms with van der Waals surface area (Å²) in [4.78, 5) is 14.3. The molecule has 4 nitrogen and oxygen atoms in total. The first-order valence-corrected chi connectivity index (χ1v) is 13.1. The standard InChI is InChI=1S/C30H25F8NO3/c1-14(2)20-12-22(26(41-3)13-23(20)32)19-5-4-16(29(33,34)35)11-21(19)24-6-7-25-27(42-28(40)39(24)25)15-8-17(30(36,37)38)10-18(31)9-15/h4-5,8-14,24-25,27H,6-7H2,1-3H3/t24?,25-,27+/m0/s1. The highest BCUT2D eigenvalue weighted by Gasteiger charge is 2.51. The second-order valence-electron chi connectivity index (χ2n) is 10.7. The first kappa shape index (κ1) is 29.7. The van der Waals surface area contributed by atoms with Gasteiger partial charge in [0.1, 0.15) is 23.5 Å². The first-order valence-electron chi connectivity index (χ1n) is 13.1. The fourth-order valence-corrected chi connectivity index (χ4v) is 5.84. The number of hydrogen-bond acceptors (Lipinski definition) is 3. The van der Waals surface area contributed by atoms with Gasteiger partial charge in [-0.15, -0.1) is 0 Å². The number of amides is 1. The Morgan fingerprint density at radius 2 is 1.57 bits per heavy atom. The van der Waals surface area contributed by atoms with Crippen molar-refractivity contribution < 1.29 is 49.4 Å². The van der Waals surface area contributed by atoms with Crippen molar-refractivity contribution in [2.24, 2.45) is 0 Å². The second kappa shape index (κ2) is 10.5. The fourth-order valence-electron chi connectivity index (χ4n) is 5.84. The number of nitrogens with zero attached hydrogens (tertiary/aromatic N) is 1. The smallest absolute Gasteiger partial charge is 0.416 e. The topological polar surface area (TPSA) is 38.8 Å². The van der Waals surface area contributed by atoms with Crippen molar-refractivity contribution in [1.29, 1.82) is 0 Å². The van der Waals surface area contributed by atoms with Crippen molar-refractivity contribution in [2.75, 3.05) is 7.11 Å². The van der Waals surface area contributed by atoms with Crippen LogP contribution in [0, 0.1) is 11.6 Å². The van der Waals surface area contributed by atoms with Crippen molar-refractivity contribution in [3.8, 4) is 16.9 Å². The summed E-state index contributed by atoms with van der Waals surface area (Å²) in [6, 6.07) is 5.68. The van der Waals surface area contributed by atoms with Crippen LogP contribution < -0.4 is 4.74 Å².